The quantitative estimate of drug-likeness (QED) is 0.165. The maximum atomic E-state index is 12.5. The Kier molecular flexibility index (Phi) is 9.76. The summed E-state index contributed by atoms with van der Waals surface area (Å²) in [5, 5.41) is 6.46. The molecule has 2 amide bonds. The normalized spacial score (nSPS) is 10.6. The van der Waals surface area contributed by atoms with Gasteiger partial charge in [0.15, 0.2) is 0 Å². The number of halogens is 1. The van der Waals surface area contributed by atoms with E-state index in [0.717, 1.165) is 16.5 Å². The lowest BCUT2D eigenvalue weighted by atomic mass is 10.1. The van der Waals surface area contributed by atoms with E-state index in [9.17, 15) is 14.4 Å². The Labute approximate surface area is 217 Å². The van der Waals surface area contributed by atoms with Crippen molar-refractivity contribution in [2.24, 2.45) is 5.10 Å². The first-order chi connectivity index (χ1) is 17.4. The van der Waals surface area contributed by atoms with E-state index in [1.807, 2.05) is 19.9 Å². The van der Waals surface area contributed by atoms with Crippen molar-refractivity contribution in [2.75, 3.05) is 13.2 Å². The van der Waals surface area contributed by atoms with Gasteiger partial charge in [0.05, 0.1) is 24.9 Å². The monoisotopic (exact) mass is 551 g/mol. The molecule has 0 aliphatic rings. The second-order valence-corrected chi connectivity index (χ2v) is 8.71. The number of nitrogens with one attached hydrogen (secondary N) is 2. The highest BCUT2D eigenvalue weighted by atomic mass is 79.9. The van der Waals surface area contributed by atoms with Gasteiger partial charge in [-0.2, -0.15) is 5.10 Å². The fourth-order valence-corrected chi connectivity index (χ4v) is 3.42. The molecule has 0 saturated heterocycles. The molecule has 36 heavy (non-hydrogen) atoms. The number of carbonyl (C=O) groups is 3. The summed E-state index contributed by atoms with van der Waals surface area (Å²) in [7, 11) is 0. The molecule has 8 nitrogen and oxygen atoms in total. The molecule has 0 atom stereocenters. The predicted molar refractivity (Wildman–Crippen MR) is 141 cm³/mol. The van der Waals surface area contributed by atoms with E-state index in [1.165, 1.54) is 6.21 Å². The highest BCUT2D eigenvalue weighted by molar-refractivity contribution is 9.10. The van der Waals surface area contributed by atoms with Crippen molar-refractivity contribution in [3.8, 4) is 11.5 Å². The lowest BCUT2D eigenvalue weighted by Gasteiger charge is -2.09. The molecule has 9 heteroatoms. The molecule has 0 bridgehead atoms. The van der Waals surface area contributed by atoms with E-state index < -0.39 is 17.8 Å². The molecule has 0 unspecified atom stereocenters. The van der Waals surface area contributed by atoms with E-state index in [1.54, 1.807) is 60.7 Å². The van der Waals surface area contributed by atoms with Crippen molar-refractivity contribution in [3.63, 3.8) is 0 Å². The average Bonchev–Trinajstić information content (AvgIpc) is 2.87. The van der Waals surface area contributed by atoms with Crippen molar-refractivity contribution in [1.29, 1.82) is 0 Å². The van der Waals surface area contributed by atoms with Crippen molar-refractivity contribution in [3.05, 3.63) is 93.5 Å². The van der Waals surface area contributed by atoms with Gasteiger partial charge >= 0.3 is 5.97 Å². The van der Waals surface area contributed by atoms with Gasteiger partial charge in [-0.1, -0.05) is 40.5 Å². The number of nitrogens with zero attached hydrogens (tertiary/aromatic N) is 1. The number of hydrogen-bond donors (Lipinski definition) is 2. The average molecular weight is 552 g/mol. The molecule has 0 aromatic heterocycles. The number of ether oxygens (including phenoxy) is 2. The molecule has 0 fully saturated rings. The summed E-state index contributed by atoms with van der Waals surface area (Å²) in [6.45, 7) is 4.23. The van der Waals surface area contributed by atoms with Crippen LogP contribution < -0.4 is 20.2 Å². The van der Waals surface area contributed by atoms with Gasteiger partial charge in [-0.25, -0.2) is 10.2 Å². The van der Waals surface area contributed by atoms with Gasteiger partial charge < -0.3 is 14.8 Å². The molecule has 0 spiro atoms. The third-order valence-corrected chi connectivity index (χ3v) is 5.31. The zero-order valence-corrected chi connectivity index (χ0v) is 21.5. The molecule has 186 valence electrons. The SMILES string of the molecule is CCCOc1ccc(C(=O)NCC(=O)NN=Cc2cc(Br)ccc2OC(=O)c2cccc(C)c2)cc1. The molecule has 0 aliphatic carbocycles. The largest absolute Gasteiger partial charge is 0.494 e. The Balaban J connectivity index is 1.54. The zero-order valence-electron chi connectivity index (χ0n) is 19.9. The molecule has 2 N–H and O–H groups in total. The minimum Gasteiger partial charge on any atom is -0.494 e. The van der Waals surface area contributed by atoms with Crippen LogP contribution in [0.4, 0.5) is 0 Å². The topological polar surface area (TPSA) is 106 Å². The summed E-state index contributed by atoms with van der Waals surface area (Å²) in [6, 6.07) is 18.8. The van der Waals surface area contributed by atoms with Crippen molar-refractivity contribution >= 4 is 39.9 Å². The van der Waals surface area contributed by atoms with E-state index in [-0.39, 0.29) is 12.3 Å². The molecule has 0 aliphatic heterocycles. The molecule has 0 heterocycles. The molecule has 3 aromatic rings. The standard InChI is InChI=1S/C27H26BrN3O5/c1-3-13-35-23-10-7-19(8-11-23)26(33)29-17-25(32)31-30-16-21-15-22(28)9-12-24(21)36-27(34)20-6-4-5-18(2)14-20/h4-12,14-16H,3,13,17H2,1-2H3,(H,29,33)(H,31,32). The Morgan fingerprint density at radius 1 is 1.00 bits per heavy atom. The maximum absolute atomic E-state index is 12.5. The van der Waals surface area contributed by atoms with Crippen LogP contribution in [0.5, 0.6) is 11.5 Å². The van der Waals surface area contributed by atoms with Crippen LogP contribution in [0.2, 0.25) is 0 Å². The van der Waals surface area contributed by atoms with Gasteiger partial charge in [0, 0.05) is 15.6 Å². The number of aryl methyl sites for hydroxylation is 1. The maximum Gasteiger partial charge on any atom is 0.343 e. The molecular formula is C27H26BrN3O5. The Morgan fingerprint density at radius 2 is 1.78 bits per heavy atom. The molecule has 3 aromatic carbocycles. The molecule has 0 saturated carbocycles. The number of esters is 1. The summed E-state index contributed by atoms with van der Waals surface area (Å²) in [4.78, 5) is 36.9. The smallest absolute Gasteiger partial charge is 0.343 e. The van der Waals surface area contributed by atoms with Gasteiger partial charge in [0.25, 0.3) is 11.8 Å². The van der Waals surface area contributed by atoms with E-state index in [2.05, 4.69) is 31.8 Å². The van der Waals surface area contributed by atoms with Gasteiger partial charge in [0.2, 0.25) is 0 Å². The highest BCUT2D eigenvalue weighted by Gasteiger charge is 2.12. The number of rotatable bonds is 10. The minimum absolute atomic E-state index is 0.266. The first-order valence-electron chi connectivity index (χ1n) is 11.3. The zero-order chi connectivity index (χ0) is 25.9. The van der Waals surface area contributed by atoms with Crippen molar-refractivity contribution in [2.45, 2.75) is 20.3 Å². The fourth-order valence-electron chi connectivity index (χ4n) is 3.04. The first kappa shape index (κ1) is 26.6. The molecular weight excluding hydrogens is 526 g/mol. The van der Waals surface area contributed by atoms with Gasteiger partial charge in [0.1, 0.15) is 11.5 Å². The second kappa shape index (κ2) is 13.2. The van der Waals surface area contributed by atoms with Crippen LogP contribution in [0.25, 0.3) is 0 Å². The summed E-state index contributed by atoms with van der Waals surface area (Å²) in [6.07, 6.45) is 2.25. The van der Waals surface area contributed by atoms with Crippen LogP contribution in [-0.2, 0) is 4.79 Å². The molecule has 0 radical (unpaired) electrons. The summed E-state index contributed by atoms with van der Waals surface area (Å²) >= 11 is 3.37. The number of hydrogen-bond acceptors (Lipinski definition) is 6. The Hall–Kier alpha value is -3.98. The summed E-state index contributed by atoms with van der Waals surface area (Å²) < 4.78 is 11.8. The van der Waals surface area contributed by atoms with Gasteiger partial charge in [-0.05, 0) is 67.9 Å². The summed E-state index contributed by atoms with van der Waals surface area (Å²) in [5.74, 6) is -0.462. The van der Waals surface area contributed by atoms with Crippen LogP contribution in [0.1, 0.15) is 45.2 Å². The molecule has 3 rings (SSSR count). The van der Waals surface area contributed by atoms with Crippen LogP contribution in [-0.4, -0.2) is 37.1 Å². The number of carbonyl (C=O) groups excluding carboxylic acids is 3. The van der Waals surface area contributed by atoms with Crippen LogP contribution in [0, 0.1) is 6.92 Å². The predicted octanol–water partition coefficient (Wildman–Crippen LogP) is 4.65. The lowest BCUT2D eigenvalue weighted by molar-refractivity contribution is -0.120. The lowest BCUT2D eigenvalue weighted by Crippen LogP contribution is -2.34. The second-order valence-electron chi connectivity index (χ2n) is 7.79. The van der Waals surface area contributed by atoms with Crippen LogP contribution in [0.15, 0.2) is 76.3 Å². The van der Waals surface area contributed by atoms with Crippen LogP contribution in [0.3, 0.4) is 0 Å². The minimum atomic E-state index is -0.518. The van der Waals surface area contributed by atoms with E-state index in [0.29, 0.717) is 29.0 Å². The fraction of sp³-hybridized carbons (Fsp3) is 0.185. The van der Waals surface area contributed by atoms with Crippen molar-refractivity contribution < 1.29 is 23.9 Å². The van der Waals surface area contributed by atoms with Gasteiger partial charge in [-0.15, -0.1) is 0 Å². The third kappa shape index (κ3) is 8.06. The first-order valence-corrected chi connectivity index (χ1v) is 12.1. The Morgan fingerprint density at radius 3 is 2.50 bits per heavy atom. The number of benzene rings is 3. The summed E-state index contributed by atoms with van der Waals surface area (Å²) in [5.41, 5.74) is 4.59. The van der Waals surface area contributed by atoms with Crippen LogP contribution >= 0.6 is 15.9 Å². The van der Waals surface area contributed by atoms with Gasteiger partial charge in [-0.3, -0.25) is 9.59 Å². The highest BCUT2D eigenvalue weighted by Crippen LogP contribution is 2.23. The van der Waals surface area contributed by atoms with Crippen molar-refractivity contribution in [1.82, 2.24) is 10.7 Å². The van der Waals surface area contributed by atoms with E-state index in [4.69, 9.17) is 9.47 Å². The number of amides is 2. The Bertz CT molecular complexity index is 1260. The third-order valence-electron chi connectivity index (χ3n) is 4.82. The number of hydrazone groups is 1. The van der Waals surface area contributed by atoms with E-state index >= 15 is 0 Å².